The molecule has 13 heavy (non-hydrogen) atoms. The van der Waals surface area contributed by atoms with E-state index in [-0.39, 0.29) is 5.69 Å². The standard InChI is InChI=1S/C8H6FN3O/c9-5-1-2-7-11-3-6(8(10)13)12(7)4-5/h1-4H,(H2,10,13). The number of rotatable bonds is 1. The number of carbonyl (C=O) groups is 1. The molecule has 0 spiro atoms. The molecule has 2 aromatic heterocycles. The molecule has 0 unspecified atom stereocenters. The molecule has 4 nitrogen and oxygen atoms in total. The second kappa shape index (κ2) is 2.55. The third-order valence-corrected chi connectivity index (χ3v) is 1.72. The van der Waals surface area contributed by atoms with Crippen LogP contribution in [0.25, 0.3) is 5.65 Å². The molecule has 66 valence electrons. The van der Waals surface area contributed by atoms with Crippen LogP contribution in [-0.2, 0) is 0 Å². The number of halogens is 1. The second-order valence-corrected chi connectivity index (χ2v) is 2.58. The molecule has 0 aliphatic rings. The summed E-state index contributed by atoms with van der Waals surface area (Å²) >= 11 is 0. The maximum atomic E-state index is 12.8. The van der Waals surface area contributed by atoms with E-state index in [1.165, 1.54) is 28.9 Å². The Bertz CT molecular complexity index is 477. The van der Waals surface area contributed by atoms with Gasteiger partial charge in [-0.1, -0.05) is 0 Å². The van der Waals surface area contributed by atoms with E-state index < -0.39 is 11.7 Å². The number of aromatic nitrogens is 2. The summed E-state index contributed by atoms with van der Waals surface area (Å²) in [5.74, 6) is -1.06. The first-order chi connectivity index (χ1) is 6.18. The van der Waals surface area contributed by atoms with E-state index >= 15 is 0 Å². The Hall–Kier alpha value is -1.91. The Morgan fingerprint density at radius 3 is 3.00 bits per heavy atom. The van der Waals surface area contributed by atoms with Gasteiger partial charge in [0.15, 0.2) is 0 Å². The highest BCUT2D eigenvalue weighted by Crippen LogP contribution is 2.07. The van der Waals surface area contributed by atoms with E-state index in [2.05, 4.69) is 4.98 Å². The van der Waals surface area contributed by atoms with E-state index in [1.54, 1.807) is 0 Å². The van der Waals surface area contributed by atoms with Crippen LogP contribution >= 0.6 is 0 Å². The molecule has 5 heteroatoms. The molecule has 2 rings (SSSR count). The summed E-state index contributed by atoms with van der Waals surface area (Å²) in [7, 11) is 0. The van der Waals surface area contributed by atoms with Gasteiger partial charge in [-0.3, -0.25) is 9.20 Å². The maximum absolute atomic E-state index is 12.8. The number of fused-ring (bicyclic) bond motifs is 1. The molecule has 2 aromatic rings. The smallest absolute Gasteiger partial charge is 0.267 e. The van der Waals surface area contributed by atoms with E-state index in [0.717, 1.165) is 0 Å². The third kappa shape index (κ3) is 1.14. The first-order valence-corrected chi connectivity index (χ1v) is 3.61. The van der Waals surface area contributed by atoms with Gasteiger partial charge in [-0.25, -0.2) is 9.37 Å². The number of primary amides is 1. The lowest BCUT2D eigenvalue weighted by Gasteiger charge is -1.96. The number of amides is 1. The molecule has 2 heterocycles. The van der Waals surface area contributed by atoms with Crippen LogP contribution in [0, 0.1) is 5.82 Å². The Morgan fingerprint density at radius 1 is 1.54 bits per heavy atom. The van der Waals surface area contributed by atoms with Crippen LogP contribution in [0.2, 0.25) is 0 Å². The predicted molar refractivity (Wildman–Crippen MR) is 43.7 cm³/mol. The number of hydrogen-bond donors (Lipinski definition) is 1. The van der Waals surface area contributed by atoms with Crippen molar-refractivity contribution in [3.63, 3.8) is 0 Å². The van der Waals surface area contributed by atoms with Crippen molar-refractivity contribution in [1.82, 2.24) is 9.38 Å². The molecule has 0 aromatic carbocycles. The maximum Gasteiger partial charge on any atom is 0.267 e. The van der Waals surface area contributed by atoms with Gasteiger partial charge in [-0.2, -0.15) is 0 Å². The number of nitrogens with zero attached hydrogens (tertiary/aromatic N) is 2. The van der Waals surface area contributed by atoms with Crippen LogP contribution in [0.3, 0.4) is 0 Å². The van der Waals surface area contributed by atoms with Crippen molar-refractivity contribution in [1.29, 1.82) is 0 Å². The van der Waals surface area contributed by atoms with E-state index in [4.69, 9.17) is 5.73 Å². The zero-order valence-electron chi connectivity index (χ0n) is 6.57. The second-order valence-electron chi connectivity index (χ2n) is 2.58. The Labute approximate surface area is 72.8 Å². The predicted octanol–water partition coefficient (Wildman–Crippen LogP) is 0.572. The fourth-order valence-electron chi connectivity index (χ4n) is 1.14. The molecule has 1 amide bonds. The average Bonchev–Trinajstić information content (AvgIpc) is 2.46. The first kappa shape index (κ1) is 7.72. The number of carbonyl (C=O) groups excluding carboxylic acids is 1. The van der Waals surface area contributed by atoms with Gasteiger partial charge >= 0.3 is 0 Å². The number of nitrogens with two attached hydrogens (primary N) is 1. The Kier molecular flexibility index (Phi) is 1.51. The molecule has 0 aliphatic heterocycles. The van der Waals surface area contributed by atoms with E-state index in [1.807, 2.05) is 0 Å². The summed E-state index contributed by atoms with van der Waals surface area (Å²) < 4.78 is 14.1. The monoisotopic (exact) mass is 179 g/mol. The summed E-state index contributed by atoms with van der Waals surface area (Å²) in [5, 5.41) is 0. The van der Waals surface area contributed by atoms with Crippen molar-refractivity contribution in [2.45, 2.75) is 0 Å². The minimum Gasteiger partial charge on any atom is -0.364 e. The summed E-state index contributed by atoms with van der Waals surface area (Å²) in [6.45, 7) is 0. The minimum absolute atomic E-state index is 0.175. The number of imidazole rings is 1. The molecule has 0 bridgehead atoms. The van der Waals surface area contributed by atoms with Crippen molar-refractivity contribution in [3.05, 3.63) is 36.0 Å². The van der Waals surface area contributed by atoms with Gasteiger partial charge in [0, 0.05) is 6.20 Å². The third-order valence-electron chi connectivity index (χ3n) is 1.72. The van der Waals surface area contributed by atoms with Gasteiger partial charge in [0.25, 0.3) is 5.91 Å². The van der Waals surface area contributed by atoms with Gasteiger partial charge in [0.2, 0.25) is 0 Å². The SMILES string of the molecule is NC(=O)c1cnc2ccc(F)cn12. The van der Waals surface area contributed by atoms with Gasteiger partial charge in [0.05, 0.1) is 6.20 Å². The molecular formula is C8H6FN3O. The molecule has 0 fully saturated rings. The molecule has 0 atom stereocenters. The van der Waals surface area contributed by atoms with Crippen LogP contribution in [0.1, 0.15) is 10.5 Å². The van der Waals surface area contributed by atoms with Crippen LogP contribution in [0.5, 0.6) is 0 Å². The topological polar surface area (TPSA) is 60.4 Å². The molecule has 0 radical (unpaired) electrons. The summed E-state index contributed by atoms with van der Waals surface area (Å²) in [4.78, 5) is 14.7. The summed E-state index contributed by atoms with van der Waals surface area (Å²) in [6.07, 6.45) is 2.49. The van der Waals surface area contributed by atoms with E-state index in [9.17, 15) is 9.18 Å². The van der Waals surface area contributed by atoms with Gasteiger partial charge < -0.3 is 5.73 Å². The fraction of sp³-hybridized carbons (Fsp3) is 0. The zero-order chi connectivity index (χ0) is 9.42. The molecular weight excluding hydrogens is 173 g/mol. The van der Waals surface area contributed by atoms with Crippen LogP contribution in [0.4, 0.5) is 4.39 Å². The van der Waals surface area contributed by atoms with Crippen molar-refractivity contribution >= 4 is 11.6 Å². The summed E-state index contributed by atoms with van der Waals surface area (Å²) in [6, 6.07) is 2.74. The minimum atomic E-state index is -0.627. The highest BCUT2D eigenvalue weighted by molar-refractivity contribution is 5.91. The van der Waals surface area contributed by atoms with Crippen LogP contribution < -0.4 is 5.73 Å². The van der Waals surface area contributed by atoms with Crippen LogP contribution in [-0.4, -0.2) is 15.3 Å². The number of pyridine rings is 1. The molecule has 0 aliphatic carbocycles. The largest absolute Gasteiger partial charge is 0.364 e. The molecule has 2 N–H and O–H groups in total. The highest BCUT2D eigenvalue weighted by atomic mass is 19.1. The zero-order valence-corrected chi connectivity index (χ0v) is 6.57. The Balaban J connectivity index is 2.79. The van der Waals surface area contributed by atoms with Crippen molar-refractivity contribution in [2.75, 3.05) is 0 Å². The molecule has 0 saturated heterocycles. The van der Waals surface area contributed by atoms with Crippen molar-refractivity contribution < 1.29 is 9.18 Å². The lowest BCUT2D eigenvalue weighted by Crippen LogP contribution is -2.13. The quantitative estimate of drug-likeness (QED) is 0.695. The Morgan fingerprint density at radius 2 is 2.31 bits per heavy atom. The van der Waals surface area contributed by atoms with Gasteiger partial charge in [0.1, 0.15) is 17.2 Å². The normalized spacial score (nSPS) is 10.5. The van der Waals surface area contributed by atoms with Crippen molar-refractivity contribution in [3.8, 4) is 0 Å². The average molecular weight is 179 g/mol. The first-order valence-electron chi connectivity index (χ1n) is 3.61. The lowest BCUT2D eigenvalue weighted by molar-refractivity contribution is 0.0994. The van der Waals surface area contributed by atoms with Crippen LogP contribution in [0.15, 0.2) is 24.5 Å². The lowest BCUT2D eigenvalue weighted by atomic mass is 10.4. The van der Waals surface area contributed by atoms with Crippen molar-refractivity contribution in [2.24, 2.45) is 5.73 Å². The van der Waals surface area contributed by atoms with Gasteiger partial charge in [-0.05, 0) is 12.1 Å². The van der Waals surface area contributed by atoms with E-state index in [0.29, 0.717) is 5.65 Å². The summed E-state index contributed by atoms with van der Waals surface area (Å²) in [5.41, 5.74) is 5.72. The highest BCUT2D eigenvalue weighted by Gasteiger charge is 2.07. The fourth-order valence-corrected chi connectivity index (χ4v) is 1.14. The number of hydrogen-bond acceptors (Lipinski definition) is 2. The van der Waals surface area contributed by atoms with Gasteiger partial charge in [-0.15, -0.1) is 0 Å². The molecule has 0 saturated carbocycles.